The maximum Gasteiger partial charge on any atom is 0.264 e. The van der Waals surface area contributed by atoms with Crippen molar-refractivity contribution in [3.05, 3.63) is 49.9 Å². The van der Waals surface area contributed by atoms with Crippen LogP contribution in [0.2, 0.25) is 0 Å². The monoisotopic (exact) mass is 357 g/mol. The number of aromatic nitrogens is 3. The number of fused-ring (bicyclic) bond motifs is 1. The lowest BCUT2D eigenvalue weighted by atomic mass is 10.0. The van der Waals surface area contributed by atoms with Crippen molar-refractivity contribution in [2.45, 2.75) is 13.8 Å². The number of aromatic amines is 2. The summed E-state index contributed by atoms with van der Waals surface area (Å²) in [4.78, 5) is 34.3. The summed E-state index contributed by atoms with van der Waals surface area (Å²) in [6.45, 7) is 3.86. The normalized spacial score (nSPS) is 10.9. The summed E-state index contributed by atoms with van der Waals surface area (Å²) in [5.74, 6) is 1.24. The van der Waals surface area contributed by atoms with Crippen molar-refractivity contribution in [3.63, 3.8) is 0 Å². The van der Waals surface area contributed by atoms with E-state index in [2.05, 4.69) is 15.0 Å². The van der Waals surface area contributed by atoms with Crippen LogP contribution in [0.25, 0.3) is 22.4 Å². The third kappa shape index (κ3) is 3.18. The van der Waals surface area contributed by atoms with E-state index in [-0.39, 0.29) is 30.1 Å². The predicted molar refractivity (Wildman–Crippen MR) is 97.0 cm³/mol. The fourth-order valence-corrected chi connectivity index (χ4v) is 2.85. The topological polar surface area (TPSA) is 117 Å². The number of pyridine rings is 1. The number of aliphatic hydroxyl groups excluding tert-OH is 1. The maximum atomic E-state index is 12.4. The molecule has 136 valence electrons. The molecule has 3 aromatic rings. The summed E-state index contributed by atoms with van der Waals surface area (Å²) in [5.41, 5.74) is 1.54. The van der Waals surface area contributed by atoms with Crippen LogP contribution >= 0.6 is 0 Å². The molecule has 0 atom stereocenters. The smallest absolute Gasteiger partial charge is 0.264 e. The Balaban J connectivity index is 2.17. The average Bonchev–Trinajstić information content (AvgIpc) is 2.60. The van der Waals surface area contributed by atoms with Gasteiger partial charge in [-0.05, 0) is 37.1 Å². The first-order valence-electron chi connectivity index (χ1n) is 8.01. The molecule has 0 radical (unpaired) electrons. The molecule has 26 heavy (non-hydrogen) atoms. The van der Waals surface area contributed by atoms with E-state index in [0.29, 0.717) is 17.1 Å². The third-order valence-corrected chi connectivity index (χ3v) is 3.96. The molecule has 0 aliphatic rings. The molecule has 8 heteroatoms. The number of hydrogen-bond acceptors (Lipinski definition) is 6. The highest BCUT2D eigenvalue weighted by Gasteiger charge is 2.13. The van der Waals surface area contributed by atoms with Gasteiger partial charge in [-0.3, -0.25) is 9.59 Å². The Morgan fingerprint density at radius 1 is 1.12 bits per heavy atom. The predicted octanol–water partition coefficient (Wildman–Crippen LogP) is 1.27. The van der Waals surface area contributed by atoms with Crippen molar-refractivity contribution >= 4 is 11.0 Å². The van der Waals surface area contributed by atoms with Crippen molar-refractivity contribution in [1.82, 2.24) is 15.0 Å². The summed E-state index contributed by atoms with van der Waals surface area (Å²) in [7, 11) is 1.42. The van der Waals surface area contributed by atoms with Crippen molar-refractivity contribution in [2.75, 3.05) is 20.3 Å². The zero-order valence-electron chi connectivity index (χ0n) is 14.7. The Morgan fingerprint density at radius 2 is 1.81 bits per heavy atom. The quantitative estimate of drug-likeness (QED) is 0.633. The van der Waals surface area contributed by atoms with Gasteiger partial charge >= 0.3 is 0 Å². The Morgan fingerprint density at radius 3 is 2.42 bits per heavy atom. The van der Waals surface area contributed by atoms with E-state index in [1.165, 1.54) is 13.2 Å². The van der Waals surface area contributed by atoms with E-state index in [4.69, 9.17) is 14.6 Å². The van der Waals surface area contributed by atoms with Gasteiger partial charge in [0.25, 0.3) is 5.56 Å². The Kier molecular flexibility index (Phi) is 4.77. The number of hydrogen-bond donors (Lipinski definition) is 3. The molecule has 2 aromatic heterocycles. The molecule has 8 nitrogen and oxygen atoms in total. The van der Waals surface area contributed by atoms with Crippen LogP contribution in [0, 0.1) is 13.8 Å². The van der Waals surface area contributed by atoms with Gasteiger partial charge in [-0.1, -0.05) is 0 Å². The molecule has 0 spiro atoms. The molecule has 0 saturated carbocycles. The summed E-state index contributed by atoms with van der Waals surface area (Å²) in [6.07, 6.45) is 0. The van der Waals surface area contributed by atoms with E-state index in [0.717, 1.165) is 11.1 Å². The molecule has 0 aliphatic heterocycles. The van der Waals surface area contributed by atoms with Crippen LogP contribution in [-0.2, 0) is 0 Å². The molecule has 0 saturated heterocycles. The molecule has 0 fully saturated rings. The minimum atomic E-state index is -0.523. The zero-order valence-corrected chi connectivity index (χ0v) is 14.7. The Hall–Kier alpha value is -3.13. The van der Waals surface area contributed by atoms with E-state index in [1.807, 2.05) is 26.0 Å². The molecule has 2 heterocycles. The second-order valence-electron chi connectivity index (χ2n) is 5.85. The molecular weight excluding hydrogens is 338 g/mol. The van der Waals surface area contributed by atoms with Crippen LogP contribution < -0.4 is 20.5 Å². The van der Waals surface area contributed by atoms with Crippen LogP contribution in [0.4, 0.5) is 0 Å². The zero-order chi connectivity index (χ0) is 18.8. The summed E-state index contributed by atoms with van der Waals surface area (Å²) >= 11 is 0. The number of aryl methyl sites for hydroxylation is 2. The molecular formula is C18H19N3O5. The second kappa shape index (κ2) is 7.01. The lowest BCUT2D eigenvalue weighted by Crippen LogP contribution is -2.19. The summed E-state index contributed by atoms with van der Waals surface area (Å²) in [6, 6.07) is 4.85. The molecule has 0 bridgehead atoms. The number of methoxy groups -OCH3 is 1. The first-order chi connectivity index (χ1) is 12.4. The van der Waals surface area contributed by atoms with Gasteiger partial charge in [0.05, 0.1) is 13.7 Å². The lowest BCUT2D eigenvalue weighted by molar-refractivity contribution is 0.200. The summed E-state index contributed by atoms with van der Waals surface area (Å²) in [5, 5.41) is 8.87. The van der Waals surface area contributed by atoms with Crippen LogP contribution in [0.3, 0.4) is 0 Å². The van der Waals surface area contributed by atoms with Gasteiger partial charge < -0.3 is 24.5 Å². The van der Waals surface area contributed by atoms with Gasteiger partial charge in [-0.2, -0.15) is 0 Å². The lowest BCUT2D eigenvalue weighted by Gasteiger charge is -2.13. The van der Waals surface area contributed by atoms with E-state index in [1.54, 1.807) is 0 Å². The highest BCUT2D eigenvalue weighted by molar-refractivity contribution is 5.76. The van der Waals surface area contributed by atoms with Gasteiger partial charge in [-0.15, -0.1) is 0 Å². The summed E-state index contributed by atoms with van der Waals surface area (Å²) < 4.78 is 10.6. The number of rotatable bonds is 5. The largest absolute Gasteiger partial charge is 0.491 e. The molecule has 3 N–H and O–H groups in total. The van der Waals surface area contributed by atoms with Crippen molar-refractivity contribution in [2.24, 2.45) is 0 Å². The van der Waals surface area contributed by atoms with Crippen LogP contribution in [0.15, 0.2) is 27.8 Å². The minimum absolute atomic E-state index is 0.0501. The van der Waals surface area contributed by atoms with Gasteiger partial charge in [0.2, 0.25) is 0 Å². The number of benzene rings is 1. The van der Waals surface area contributed by atoms with Crippen LogP contribution in [-0.4, -0.2) is 40.4 Å². The van der Waals surface area contributed by atoms with E-state index < -0.39 is 11.0 Å². The van der Waals surface area contributed by atoms with Crippen molar-refractivity contribution in [1.29, 1.82) is 0 Å². The Bertz CT molecular complexity index is 1060. The third-order valence-electron chi connectivity index (χ3n) is 3.96. The van der Waals surface area contributed by atoms with E-state index in [9.17, 15) is 9.59 Å². The second-order valence-corrected chi connectivity index (χ2v) is 5.85. The molecule has 0 amide bonds. The van der Waals surface area contributed by atoms with Gasteiger partial charge in [-0.25, -0.2) is 4.98 Å². The fourth-order valence-electron chi connectivity index (χ4n) is 2.85. The maximum absolute atomic E-state index is 12.4. The molecule has 0 aliphatic carbocycles. The highest BCUT2D eigenvalue weighted by Crippen LogP contribution is 2.28. The number of nitrogens with one attached hydrogen (secondary N) is 2. The number of H-pyrrole nitrogens is 2. The van der Waals surface area contributed by atoms with Gasteiger partial charge in [0.15, 0.2) is 17.0 Å². The molecule has 0 unspecified atom stereocenters. The van der Waals surface area contributed by atoms with Crippen molar-refractivity contribution in [3.8, 4) is 23.0 Å². The number of ether oxygens (including phenoxy) is 2. The number of nitrogens with zero attached hydrogens (tertiary/aromatic N) is 1. The molecule has 1 aromatic carbocycles. The number of aliphatic hydroxyl groups is 1. The Labute approximate surface area is 148 Å². The molecule has 3 rings (SSSR count). The van der Waals surface area contributed by atoms with E-state index >= 15 is 0 Å². The van der Waals surface area contributed by atoms with Gasteiger partial charge in [0.1, 0.15) is 23.6 Å². The minimum Gasteiger partial charge on any atom is -0.491 e. The average molecular weight is 357 g/mol. The van der Waals surface area contributed by atoms with Gasteiger partial charge in [0, 0.05) is 11.6 Å². The highest BCUT2D eigenvalue weighted by atomic mass is 16.5. The first-order valence-corrected chi connectivity index (χ1v) is 8.01. The first kappa shape index (κ1) is 17.7. The standard InChI is InChI=1S/C18H19N3O5/c1-9-6-11(7-10(2)15(9)26-5-4-22)16-20-17-14(18(24)21-16)12(23)8-13(19-17)25-3/h6-8,22H,4-5H2,1-3H3,(H2,19,20,21,23,24). The van der Waals surface area contributed by atoms with Crippen LogP contribution in [0.5, 0.6) is 11.6 Å². The SMILES string of the molecule is COc1cc(=O)c2c(=O)[nH]c(-c3cc(C)c(OCCO)c(C)c3)nc2[nH]1. The van der Waals surface area contributed by atoms with Crippen molar-refractivity contribution < 1.29 is 14.6 Å². The fraction of sp³-hybridized carbons (Fsp3) is 0.278. The van der Waals surface area contributed by atoms with Crippen LogP contribution in [0.1, 0.15) is 11.1 Å².